The van der Waals surface area contributed by atoms with E-state index in [1.807, 2.05) is 42.5 Å². The summed E-state index contributed by atoms with van der Waals surface area (Å²) in [6.07, 6.45) is 0.0698. The van der Waals surface area contributed by atoms with E-state index in [2.05, 4.69) is 38.5 Å². The molecule has 0 aliphatic heterocycles. The van der Waals surface area contributed by atoms with E-state index in [1.165, 1.54) is 0 Å². The summed E-state index contributed by atoms with van der Waals surface area (Å²) in [4.78, 5) is 0. The third-order valence-electron chi connectivity index (χ3n) is 2.91. The molecule has 0 aromatic heterocycles. The average Bonchev–Trinajstić information content (AvgIpc) is 2.42. The van der Waals surface area contributed by atoms with Crippen molar-refractivity contribution in [1.82, 2.24) is 0 Å². The summed E-state index contributed by atoms with van der Waals surface area (Å²) >= 11 is 5.73. The van der Waals surface area contributed by atoms with Crippen molar-refractivity contribution in [1.29, 1.82) is 0 Å². The molecule has 1 atom stereocenters. The first kappa shape index (κ1) is 14.8. The number of hydrogen-bond acceptors (Lipinski definition) is 2. The number of aliphatic hydroxyl groups excluding tert-OH is 1. The lowest BCUT2D eigenvalue weighted by atomic mass is 10.0. The molecule has 2 aromatic rings. The molecule has 1 unspecified atom stereocenters. The smallest absolute Gasteiger partial charge is 0.118 e. The average molecular weight is 433 g/mol. The van der Waals surface area contributed by atoms with E-state index in [0.717, 1.165) is 24.9 Å². The van der Waals surface area contributed by atoms with Crippen molar-refractivity contribution in [2.45, 2.75) is 12.5 Å². The van der Waals surface area contributed by atoms with Crippen LogP contribution in [0.2, 0.25) is 0 Å². The first-order valence-electron chi connectivity index (χ1n) is 5.86. The second-order valence-electron chi connectivity index (χ2n) is 4.23. The number of ether oxygens (including phenoxy) is 1. The van der Waals surface area contributed by atoms with Gasteiger partial charge in [-0.2, -0.15) is 0 Å². The normalized spacial score (nSPS) is 12.2. The fraction of sp³-hybridized carbons (Fsp3) is 0.200. The fourth-order valence-electron chi connectivity index (χ4n) is 1.86. The summed E-state index contributed by atoms with van der Waals surface area (Å²) in [6.45, 7) is 0. The molecule has 0 aliphatic carbocycles. The molecule has 2 aromatic carbocycles. The Morgan fingerprint density at radius 2 is 1.89 bits per heavy atom. The molecule has 0 fully saturated rings. The second-order valence-corrected chi connectivity index (χ2v) is 6.33. The molecule has 0 radical (unpaired) electrons. The minimum Gasteiger partial charge on any atom is -0.497 e. The molecular weight excluding hydrogens is 419 g/mol. The molecule has 2 rings (SSSR count). The molecule has 19 heavy (non-hydrogen) atoms. The molecule has 0 amide bonds. The Bertz CT molecular complexity index is 555. The zero-order valence-electron chi connectivity index (χ0n) is 10.4. The van der Waals surface area contributed by atoms with Crippen LogP contribution in [0.25, 0.3) is 0 Å². The molecule has 1 N–H and O–H groups in total. The Morgan fingerprint density at radius 1 is 1.21 bits per heavy atom. The summed E-state index contributed by atoms with van der Waals surface area (Å²) in [5, 5.41) is 10.3. The lowest BCUT2D eigenvalue weighted by Crippen LogP contribution is -2.03. The van der Waals surface area contributed by atoms with Crippen LogP contribution in [0.15, 0.2) is 46.9 Å². The van der Waals surface area contributed by atoms with Gasteiger partial charge in [0, 0.05) is 14.5 Å². The third-order valence-corrected chi connectivity index (χ3v) is 4.30. The molecule has 2 nitrogen and oxygen atoms in total. The summed E-state index contributed by atoms with van der Waals surface area (Å²) in [5.41, 5.74) is 2.00. The van der Waals surface area contributed by atoms with Gasteiger partial charge in [0.15, 0.2) is 0 Å². The van der Waals surface area contributed by atoms with Gasteiger partial charge in [0.2, 0.25) is 0 Å². The van der Waals surface area contributed by atoms with E-state index in [4.69, 9.17) is 4.74 Å². The van der Waals surface area contributed by atoms with Gasteiger partial charge in [0.1, 0.15) is 5.75 Å². The molecule has 0 bridgehead atoms. The van der Waals surface area contributed by atoms with Gasteiger partial charge in [-0.15, -0.1) is 0 Å². The molecule has 0 aliphatic rings. The molecule has 0 saturated carbocycles. The van der Waals surface area contributed by atoms with Crippen molar-refractivity contribution in [3.8, 4) is 5.75 Å². The first-order chi connectivity index (χ1) is 9.10. The SMILES string of the molecule is COc1ccc(CC(O)c2cc(I)ccc2Br)cc1. The predicted octanol–water partition coefficient (Wildman–Crippen LogP) is 4.34. The maximum absolute atomic E-state index is 10.3. The highest BCUT2D eigenvalue weighted by Gasteiger charge is 2.12. The Balaban J connectivity index is 2.15. The minimum atomic E-state index is -0.516. The van der Waals surface area contributed by atoms with Crippen LogP contribution in [0.3, 0.4) is 0 Å². The topological polar surface area (TPSA) is 29.5 Å². The summed E-state index contributed by atoms with van der Waals surface area (Å²) < 4.78 is 7.18. The highest BCUT2D eigenvalue weighted by molar-refractivity contribution is 14.1. The van der Waals surface area contributed by atoms with Crippen molar-refractivity contribution < 1.29 is 9.84 Å². The van der Waals surface area contributed by atoms with Crippen molar-refractivity contribution in [2.24, 2.45) is 0 Å². The van der Waals surface area contributed by atoms with Crippen molar-refractivity contribution in [2.75, 3.05) is 7.11 Å². The monoisotopic (exact) mass is 432 g/mol. The Kier molecular flexibility index (Phi) is 5.24. The number of halogens is 2. The zero-order valence-corrected chi connectivity index (χ0v) is 14.2. The van der Waals surface area contributed by atoms with Crippen LogP contribution in [0.4, 0.5) is 0 Å². The quantitative estimate of drug-likeness (QED) is 0.728. The van der Waals surface area contributed by atoms with Crippen molar-refractivity contribution >= 4 is 38.5 Å². The fourth-order valence-corrected chi connectivity index (χ4v) is 2.89. The molecule has 100 valence electrons. The third kappa shape index (κ3) is 3.94. The van der Waals surface area contributed by atoms with Gasteiger partial charge in [-0.3, -0.25) is 0 Å². The van der Waals surface area contributed by atoms with Gasteiger partial charge in [0.25, 0.3) is 0 Å². The van der Waals surface area contributed by atoms with Crippen LogP contribution >= 0.6 is 38.5 Å². The van der Waals surface area contributed by atoms with E-state index in [-0.39, 0.29) is 0 Å². The maximum atomic E-state index is 10.3. The minimum absolute atomic E-state index is 0.516. The van der Waals surface area contributed by atoms with Gasteiger partial charge in [-0.1, -0.05) is 28.1 Å². The number of benzene rings is 2. The van der Waals surface area contributed by atoms with Gasteiger partial charge in [0.05, 0.1) is 13.2 Å². The van der Waals surface area contributed by atoms with E-state index < -0.39 is 6.10 Å². The number of hydrogen-bond donors (Lipinski definition) is 1. The van der Waals surface area contributed by atoms with Gasteiger partial charge < -0.3 is 9.84 Å². The second kappa shape index (κ2) is 6.72. The standard InChI is InChI=1S/C15H14BrIO2/c1-19-12-5-2-10(3-6-12)8-15(18)13-9-11(17)4-7-14(13)16/h2-7,9,15,18H,8H2,1H3. The van der Waals surface area contributed by atoms with Gasteiger partial charge in [-0.05, 0) is 64.0 Å². The molecule has 0 spiro atoms. The predicted molar refractivity (Wildman–Crippen MR) is 88.5 cm³/mol. The summed E-state index contributed by atoms with van der Waals surface area (Å²) in [7, 11) is 1.65. The highest BCUT2D eigenvalue weighted by Crippen LogP contribution is 2.28. The van der Waals surface area contributed by atoms with Crippen LogP contribution in [0, 0.1) is 3.57 Å². The van der Waals surface area contributed by atoms with E-state index >= 15 is 0 Å². The molecule has 0 heterocycles. The largest absolute Gasteiger partial charge is 0.497 e. The molecule has 4 heteroatoms. The van der Waals surface area contributed by atoms with Gasteiger partial charge >= 0.3 is 0 Å². The maximum Gasteiger partial charge on any atom is 0.118 e. The van der Waals surface area contributed by atoms with E-state index in [9.17, 15) is 5.11 Å². The number of rotatable bonds is 4. The Hall–Kier alpha value is -0.590. The summed E-state index contributed by atoms with van der Waals surface area (Å²) in [6, 6.07) is 13.7. The highest BCUT2D eigenvalue weighted by atomic mass is 127. The lowest BCUT2D eigenvalue weighted by molar-refractivity contribution is 0.177. The molecular formula is C15H14BrIO2. The van der Waals surface area contributed by atoms with Crippen LogP contribution in [0.1, 0.15) is 17.2 Å². The first-order valence-corrected chi connectivity index (χ1v) is 7.73. The van der Waals surface area contributed by atoms with Crippen LogP contribution in [0.5, 0.6) is 5.75 Å². The van der Waals surface area contributed by atoms with Crippen LogP contribution < -0.4 is 4.74 Å². The Labute approximate surface area is 135 Å². The zero-order chi connectivity index (χ0) is 13.8. The lowest BCUT2D eigenvalue weighted by Gasteiger charge is -2.14. The molecule has 0 saturated heterocycles. The van der Waals surface area contributed by atoms with Crippen molar-refractivity contribution in [3.63, 3.8) is 0 Å². The Morgan fingerprint density at radius 3 is 2.53 bits per heavy atom. The number of aliphatic hydroxyl groups is 1. The number of methoxy groups -OCH3 is 1. The van der Waals surface area contributed by atoms with Gasteiger partial charge in [-0.25, -0.2) is 0 Å². The summed E-state index contributed by atoms with van der Waals surface area (Å²) in [5.74, 6) is 0.827. The van der Waals surface area contributed by atoms with Crippen molar-refractivity contribution in [3.05, 3.63) is 61.6 Å². The van der Waals surface area contributed by atoms with Crippen LogP contribution in [-0.2, 0) is 6.42 Å². The van der Waals surface area contributed by atoms with E-state index in [1.54, 1.807) is 7.11 Å². The van der Waals surface area contributed by atoms with Crippen LogP contribution in [-0.4, -0.2) is 12.2 Å². The van der Waals surface area contributed by atoms with E-state index in [0.29, 0.717) is 6.42 Å².